The van der Waals surface area contributed by atoms with Crippen LogP contribution in [0.1, 0.15) is 42.5 Å². The lowest BCUT2D eigenvalue weighted by atomic mass is 9.92. The Morgan fingerprint density at radius 1 is 1.33 bits per heavy atom. The zero-order chi connectivity index (χ0) is 17.3. The van der Waals surface area contributed by atoms with Crippen molar-refractivity contribution in [2.75, 3.05) is 5.43 Å². The van der Waals surface area contributed by atoms with E-state index in [0.29, 0.717) is 18.0 Å². The molecule has 0 fully saturated rings. The molecule has 1 aromatic heterocycles. The van der Waals surface area contributed by atoms with Crippen molar-refractivity contribution in [3.8, 4) is 0 Å². The summed E-state index contributed by atoms with van der Waals surface area (Å²) in [6, 6.07) is 9.33. The Kier molecular flexibility index (Phi) is 4.16. The molecule has 0 saturated heterocycles. The van der Waals surface area contributed by atoms with E-state index in [-0.39, 0.29) is 17.5 Å². The lowest BCUT2D eigenvalue weighted by molar-refractivity contribution is 0.0693. The minimum atomic E-state index is -1.27. The highest BCUT2D eigenvalue weighted by Gasteiger charge is 2.31. The number of hydrogen-bond acceptors (Lipinski definition) is 5. The summed E-state index contributed by atoms with van der Waals surface area (Å²) >= 11 is 0. The van der Waals surface area contributed by atoms with Gasteiger partial charge in [-0.2, -0.15) is 5.10 Å². The van der Waals surface area contributed by atoms with E-state index < -0.39 is 11.5 Å². The van der Waals surface area contributed by atoms with Gasteiger partial charge in [-0.1, -0.05) is 25.1 Å². The Hall–Kier alpha value is -2.96. The zero-order valence-electron chi connectivity index (χ0n) is 13.4. The first-order valence-electron chi connectivity index (χ1n) is 7.73. The summed E-state index contributed by atoms with van der Waals surface area (Å²) in [7, 11) is 0. The topological polar surface area (TPSA) is 96.6 Å². The number of aromatic nitrogens is 2. The zero-order valence-corrected chi connectivity index (χ0v) is 13.4. The van der Waals surface area contributed by atoms with Gasteiger partial charge in [0.05, 0.1) is 5.69 Å². The van der Waals surface area contributed by atoms with Crippen LogP contribution in [0.2, 0.25) is 0 Å². The Balaban J connectivity index is 2.07. The highest BCUT2D eigenvalue weighted by molar-refractivity contribution is 6.00. The van der Waals surface area contributed by atoms with Gasteiger partial charge in [0.25, 0.3) is 5.56 Å². The first-order valence-corrected chi connectivity index (χ1v) is 7.73. The highest BCUT2D eigenvalue weighted by atomic mass is 16.4. The van der Waals surface area contributed by atoms with Gasteiger partial charge in [-0.15, -0.1) is 0 Å². The van der Waals surface area contributed by atoms with Crippen molar-refractivity contribution >= 4 is 17.4 Å². The van der Waals surface area contributed by atoms with Gasteiger partial charge in [-0.3, -0.25) is 14.8 Å². The van der Waals surface area contributed by atoms with E-state index in [9.17, 15) is 9.59 Å². The number of aromatic carboxylic acids is 1. The minimum absolute atomic E-state index is 0.0961. The average Bonchev–Trinajstić information content (AvgIpc) is 2.55. The molecule has 1 aliphatic heterocycles. The predicted octanol–water partition coefficient (Wildman–Crippen LogP) is 2.36. The number of carboxylic acid groups (broad SMARTS) is 1. The van der Waals surface area contributed by atoms with Crippen LogP contribution in [0.3, 0.4) is 0 Å². The smallest absolute Gasteiger partial charge is 0.342 e. The third-order valence-corrected chi connectivity index (χ3v) is 4.13. The second-order valence-corrected chi connectivity index (χ2v) is 5.94. The molecule has 124 valence electrons. The molecule has 2 unspecified atom stereocenters. The first-order chi connectivity index (χ1) is 11.5. The molecule has 0 saturated carbocycles. The largest absolute Gasteiger partial charge is 0.477 e. The summed E-state index contributed by atoms with van der Waals surface area (Å²) in [6.45, 7) is 3.90. The second kappa shape index (κ2) is 6.27. The van der Waals surface area contributed by atoms with Gasteiger partial charge in [0.15, 0.2) is 5.82 Å². The number of benzene rings is 1. The molecule has 24 heavy (non-hydrogen) atoms. The number of anilines is 1. The standard InChI is InChI=1S/C17H18N4O3/c1-10-8-11(2)21-15(18-9-13(16(21)22)17(23)24)14(10)20-19-12-6-4-3-5-7-12/h3-7,9-11,19H,8H2,1-2H3,(H,23,24). The van der Waals surface area contributed by atoms with Gasteiger partial charge in [-0.25, -0.2) is 9.78 Å². The van der Waals surface area contributed by atoms with Crippen molar-refractivity contribution in [2.45, 2.75) is 26.3 Å². The summed E-state index contributed by atoms with van der Waals surface area (Å²) in [5.41, 5.74) is 3.58. The van der Waals surface area contributed by atoms with Crippen molar-refractivity contribution in [2.24, 2.45) is 11.0 Å². The van der Waals surface area contributed by atoms with Crippen molar-refractivity contribution in [1.82, 2.24) is 9.55 Å². The van der Waals surface area contributed by atoms with E-state index in [2.05, 4.69) is 15.5 Å². The number of para-hydroxylation sites is 1. The fraction of sp³-hybridized carbons (Fsp3) is 0.294. The highest BCUT2D eigenvalue weighted by Crippen LogP contribution is 2.26. The molecule has 0 bridgehead atoms. The minimum Gasteiger partial charge on any atom is -0.477 e. The summed E-state index contributed by atoms with van der Waals surface area (Å²) in [5, 5.41) is 13.6. The van der Waals surface area contributed by atoms with Crippen LogP contribution < -0.4 is 11.0 Å². The van der Waals surface area contributed by atoms with Crippen LogP contribution in [0.4, 0.5) is 5.69 Å². The molecule has 2 heterocycles. The molecule has 2 N–H and O–H groups in total. The maximum absolute atomic E-state index is 12.5. The van der Waals surface area contributed by atoms with Crippen LogP contribution in [0.25, 0.3) is 0 Å². The Morgan fingerprint density at radius 3 is 2.71 bits per heavy atom. The van der Waals surface area contributed by atoms with E-state index in [0.717, 1.165) is 11.9 Å². The van der Waals surface area contributed by atoms with E-state index in [1.807, 2.05) is 44.2 Å². The number of carbonyl (C=O) groups is 1. The molecular weight excluding hydrogens is 308 g/mol. The van der Waals surface area contributed by atoms with Gasteiger partial charge < -0.3 is 5.11 Å². The van der Waals surface area contributed by atoms with E-state index >= 15 is 0 Å². The molecule has 0 amide bonds. The van der Waals surface area contributed by atoms with Crippen LogP contribution in [0, 0.1) is 5.92 Å². The monoisotopic (exact) mass is 326 g/mol. The Labute approximate surface area is 138 Å². The number of nitrogens with zero attached hydrogens (tertiary/aromatic N) is 3. The Bertz CT molecular complexity index is 858. The van der Waals surface area contributed by atoms with Crippen LogP contribution in [-0.2, 0) is 0 Å². The lowest BCUT2D eigenvalue weighted by Crippen LogP contribution is -2.40. The maximum atomic E-state index is 12.5. The molecule has 1 aliphatic rings. The van der Waals surface area contributed by atoms with E-state index in [1.165, 1.54) is 4.57 Å². The van der Waals surface area contributed by atoms with Gasteiger partial charge in [0, 0.05) is 18.2 Å². The number of rotatable bonds is 3. The molecule has 3 rings (SSSR count). The van der Waals surface area contributed by atoms with Gasteiger partial charge in [0.1, 0.15) is 11.3 Å². The first kappa shape index (κ1) is 15.9. The number of carboxylic acids is 1. The summed E-state index contributed by atoms with van der Waals surface area (Å²) in [6.07, 6.45) is 1.80. The number of nitrogens with one attached hydrogen (secondary N) is 1. The van der Waals surface area contributed by atoms with Crippen molar-refractivity contribution < 1.29 is 9.90 Å². The van der Waals surface area contributed by atoms with Crippen LogP contribution in [0.15, 0.2) is 46.4 Å². The molecule has 7 heteroatoms. The van der Waals surface area contributed by atoms with Gasteiger partial charge >= 0.3 is 5.97 Å². The maximum Gasteiger partial charge on any atom is 0.342 e. The normalized spacial score (nSPS) is 21.3. The van der Waals surface area contributed by atoms with E-state index in [1.54, 1.807) is 0 Å². The van der Waals surface area contributed by atoms with Crippen molar-refractivity contribution in [3.63, 3.8) is 0 Å². The van der Waals surface area contributed by atoms with Gasteiger partial charge in [-0.05, 0) is 25.5 Å². The molecule has 7 nitrogen and oxygen atoms in total. The van der Waals surface area contributed by atoms with Crippen LogP contribution >= 0.6 is 0 Å². The van der Waals surface area contributed by atoms with Crippen molar-refractivity contribution in [3.05, 3.63) is 58.3 Å². The molecular formula is C17H18N4O3. The SMILES string of the molecule is CC1CC(C)n2c(ncc(C(=O)O)c2=O)C1=NNc1ccccc1. The third-order valence-electron chi connectivity index (χ3n) is 4.13. The summed E-state index contributed by atoms with van der Waals surface area (Å²) < 4.78 is 1.43. The van der Waals surface area contributed by atoms with E-state index in [4.69, 9.17) is 5.11 Å². The molecule has 0 spiro atoms. The number of hydrogen-bond donors (Lipinski definition) is 2. The third kappa shape index (κ3) is 2.80. The Morgan fingerprint density at radius 2 is 2.04 bits per heavy atom. The molecule has 1 aromatic carbocycles. The molecule has 2 atom stereocenters. The summed E-state index contributed by atoms with van der Waals surface area (Å²) in [5.74, 6) is -0.756. The second-order valence-electron chi connectivity index (χ2n) is 5.94. The molecule has 2 aromatic rings. The van der Waals surface area contributed by atoms with Crippen molar-refractivity contribution in [1.29, 1.82) is 0 Å². The summed E-state index contributed by atoms with van der Waals surface area (Å²) in [4.78, 5) is 27.8. The molecule has 0 radical (unpaired) electrons. The lowest BCUT2D eigenvalue weighted by Gasteiger charge is -2.29. The molecule has 0 aliphatic carbocycles. The van der Waals surface area contributed by atoms with Gasteiger partial charge in [0.2, 0.25) is 0 Å². The number of fused-ring (bicyclic) bond motifs is 1. The average molecular weight is 326 g/mol. The predicted molar refractivity (Wildman–Crippen MR) is 90.6 cm³/mol. The van der Waals surface area contributed by atoms with Crippen LogP contribution in [-0.4, -0.2) is 26.3 Å². The van der Waals surface area contributed by atoms with Crippen LogP contribution in [0.5, 0.6) is 0 Å². The number of hydrazone groups is 1. The fourth-order valence-electron chi connectivity index (χ4n) is 2.96. The quantitative estimate of drug-likeness (QED) is 0.844. The fourth-order valence-corrected chi connectivity index (χ4v) is 2.96.